The second-order valence-corrected chi connectivity index (χ2v) is 6.80. The fourth-order valence-electron chi connectivity index (χ4n) is 1.81. The second-order valence-electron chi connectivity index (χ2n) is 5.32. The highest BCUT2D eigenvalue weighted by Crippen LogP contribution is 2.63. The van der Waals surface area contributed by atoms with Gasteiger partial charge in [0, 0.05) is 26.8 Å². The number of hydrogen-bond acceptors (Lipinski definition) is 3. The number of carbonyl (C=O) groups excluding carboxylic acids is 1. The van der Waals surface area contributed by atoms with Crippen molar-refractivity contribution in [2.45, 2.75) is 24.2 Å². The van der Waals surface area contributed by atoms with E-state index in [9.17, 15) is 4.79 Å². The molecule has 6 heteroatoms. The number of carbonyl (C=O) groups is 1. The molecule has 1 heterocycles. The topological polar surface area (TPSA) is 45.2 Å². The van der Waals surface area contributed by atoms with Gasteiger partial charge in [0.15, 0.2) is 0 Å². The molecule has 0 aromatic carbocycles. The maximum atomic E-state index is 12.0. The molecule has 1 aliphatic rings. The minimum Gasteiger partial charge on any atom is -0.363 e. The van der Waals surface area contributed by atoms with E-state index in [1.165, 1.54) is 0 Å². The Morgan fingerprint density at radius 3 is 2.53 bits per heavy atom. The van der Waals surface area contributed by atoms with Crippen molar-refractivity contribution in [2.24, 2.45) is 5.41 Å². The molecule has 1 atom stereocenters. The molecule has 104 valence electrons. The Balaban J connectivity index is 1.91. The van der Waals surface area contributed by atoms with Crippen LogP contribution in [-0.2, 0) is 11.3 Å². The van der Waals surface area contributed by atoms with Crippen molar-refractivity contribution < 1.29 is 4.79 Å². The number of alkyl halides is 2. The first-order chi connectivity index (χ1) is 8.76. The van der Waals surface area contributed by atoms with Crippen LogP contribution in [0.3, 0.4) is 0 Å². The van der Waals surface area contributed by atoms with Crippen molar-refractivity contribution in [3.05, 3.63) is 23.9 Å². The summed E-state index contributed by atoms with van der Waals surface area (Å²) in [5.74, 6) is 0.763. The summed E-state index contributed by atoms with van der Waals surface area (Å²) in [5, 5.41) is 2.84. The average molecular weight is 302 g/mol. The Labute approximate surface area is 123 Å². The molecule has 1 fully saturated rings. The van der Waals surface area contributed by atoms with E-state index in [0.717, 1.165) is 11.4 Å². The van der Waals surface area contributed by atoms with Gasteiger partial charge >= 0.3 is 0 Å². The van der Waals surface area contributed by atoms with Gasteiger partial charge in [-0.2, -0.15) is 0 Å². The van der Waals surface area contributed by atoms with E-state index in [-0.39, 0.29) is 5.91 Å². The van der Waals surface area contributed by atoms with Crippen LogP contribution in [0.25, 0.3) is 0 Å². The molecule has 1 N–H and O–H groups in total. The Morgan fingerprint density at radius 1 is 1.47 bits per heavy atom. The Morgan fingerprint density at radius 2 is 2.11 bits per heavy atom. The van der Waals surface area contributed by atoms with E-state index in [2.05, 4.69) is 10.3 Å². The highest BCUT2D eigenvalue weighted by molar-refractivity contribution is 6.53. The monoisotopic (exact) mass is 301 g/mol. The number of amides is 1. The van der Waals surface area contributed by atoms with Crippen LogP contribution in [0.2, 0.25) is 0 Å². The number of anilines is 1. The molecule has 0 aliphatic heterocycles. The van der Waals surface area contributed by atoms with Crippen molar-refractivity contribution in [2.75, 3.05) is 19.0 Å². The number of nitrogens with zero attached hydrogens (tertiary/aromatic N) is 2. The summed E-state index contributed by atoms with van der Waals surface area (Å²) in [6, 6.07) is 3.85. The Kier molecular flexibility index (Phi) is 3.67. The van der Waals surface area contributed by atoms with Gasteiger partial charge in [0.25, 0.3) is 0 Å². The van der Waals surface area contributed by atoms with E-state index in [1.807, 2.05) is 31.1 Å². The van der Waals surface area contributed by atoms with Crippen LogP contribution in [0, 0.1) is 5.41 Å². The Hall–Kier alpha value is -1.00. The number of aromatic nitrogens is 1. The maximum Gasteiger partial charge on any atom is 0.229 e. The highest BCUT2D eigenvalue weighted by atomic mass is 35.5. The smallest absolute Gasteiger partial charge is 0.229 e. The molecular weight excluding hydrogens is 285 g/mol. The number of nitrogens with one attached hydrogen (secondary N) is 1. The summed E-state index contributed by atoms with van der Waals surface area (Å²) < 4.78 is -0.926. The third-order valence-corrected chi connectivity index (χ3v) is 4.58. The molecule has 1 aromatic rings. The second kappa shape index (κ2) is 4.84. The van der Waals surface area contributed by atoms with Crippen LogP contribution < -0.4 is 10.2 Å². The highest BCUT2D eigenvalue weighted by Gasteiger charge is 2.67. The van der Waals surface area contributed by atoms with Crippen LogP contribution in [-0.4, -0.2) is 29.3 Å². The number of hydrogen-bond donors (Lipinski definition) is 1. The molecule has 1 amide bonds. The predicted octanol–water partition coefficient (Wildman–Crippen LogP) is 2.35. The van der Waals surface area contributed by atoms with Gasteiger partial charge in [0.1, 0.15) is 10.2 Å². The first-order valence-corrected chi connectivity index (χ1v) is 6.80. The molecule has 0 radical (unpaired) electrons. The molecule has 1 aliphatic carbocycles. The molecule has 0 saturated heterocycles. The fourth-order valence-corrected chi connectivity index (χ4v) is 2.52. The summed E-state index contributed by atoms with van der Waals surface area (Å²) in [5.41, 5.74) is 0.269. The van der Waals surface area contributed by atoms with Crippen molar-refractivity contribution >= 4 is 34.9 Å². The van der Waals surface area contributed by atoms with Gasteiger partial charge in [-0.25, -0.2) is 4.98 Å². The summed E-state index contributed by atoms with van der Waals surface area (Å²) in [6.07, 6.45) is 2.24. The molecule has 4 nitrogen and oxygen atoms in total. The van der Waals surface area contributed by atoms with Crippen LogP contribution in [0.5, 0.6) is 0 Å². The van der Waals surface area contributed by atoms with Crippen LogP contribution in [0.4, 0.5) is 5.82 Å². The van der Waals surface area contributed by atoms with Crippen molar-refractivity contribution in [3.63, 3.8) is 0 Å². The number of pyridine rings is 1. The molecule has 19 heavy (non-hydrogen) atoms. The van der Waals surface area contributed by atoms with E-state index in [1.54, 1.807) is 13.1 Å². The fraction of sp³-hybridized carbons (Fsp3) is 0.538. The van der Waals surface area contributed by atoms with E-state index >= 15 is 0 Å². The summed E-state index contributed by atoms with van der Waals surface area (Å²) in [4.78, 5) is 18.2. The SMILES string of the molecule is CN(C)c1ccc(CNC(=O)[C@]2(C)CC2(Cl)Cl)cn1. The lowest BCUT2D eigenvalue weighted by molar-refractivity contribution is -0.125. The molecule has 1 saturated carbocycles. The lowest BCUT2D eigenvalue weighted by Crippen LogP contribution is -2.32. The quantitative estimate of drug-likeness (QED) is 0.868. The van der Waals surface area contributed by atoms with E-state index in [4.69, 9.17) is 23.2 Å². The number of halogens is 2. The zero-order valence-electron chi connectivity index (χ0n) is 11.2. The van der Waals surface area contributed by atoms with Gasteiger partial charge in [-0.15, -0.1) is 23.2 Å². The zero-order valence-corrected chi connectivity index (χ0v) is 12.7. The maximum absolute atomic E-state index is 12.0. The molecular formula is C13H17Cl2N3O. The third-order valence-electron chi connectivity index (χ3n) is 3.48. The molecule has 1 aromatic heterocycles. The largest absolute Gasteiger partial charge is 0.363 e. The molecule has 2 rings (SSSR count). The van der Waals surface area contributed by atoms with Crippen LogP contribution in [0.15, 0.2) is 18.3 Å². The zero-order chi connectivity index (χ0) is 14.3. The van der Waals surface area contributed by atoms with Gasteiger partial charge in [-0.05, 0) is 25.0 Å². The number of rotatable bonds is 4. The summed E-state index contributed by atoms with van der Waals surface area (Å²) >= 11 is 11.9. The molecule has 0 spiro atoms. The predicted molar refractivity (Wildman–Crippen MR) is 77.6 cm³/mol. The van der Waals surface area contributed by atoms with Crippen molar-refractivity contribution in [1.82, 2.24) is 10.3 Å². The molecule has 0 unspecified atom stereocenters. The standard InChI is InChI=1S/C13H17Cl2N3O/c1-12(8-13(12,14)15)11(19)17-7-9-4-5-10(16-6-9)18(2)3/h4-6H,7-8H2,1-3H3,(H,17,19)/t12-/m0/s1. The van der Waals surface area contributed by atoms with Gasteiger partial charge in [0.05, 0.1) is 5.41 Å². The lowest BCUT2D eigenvalue weighted by atomic mass is 10.1. The lowest BCUT2D eigenvalue weighted by Gasteiger charge is -2.14. The van der Waals surface area contributed by atoms with Gasteiger partial charge in [0.2, 0.25) is 5.91 Å². The first-order valence-electron chi connectivity index (χ1n) is 6.05. The van der Waals surface area contributed by atoms with E-state index in [0.29, 0.717) is 13.0 Å². The van der Waals surface area contributed by atoms with Crippen molar-refractivity contribution in [1.29, 1.82) is 0 Å². The minimum atomic E-state index is -0.926. The van der Waals surface area contributed by atoms with E-state index < -0.39 is 9.75 Å². The minimum absolute atomic E-state index is 0.116. The average Bonchev–Trinajstić information content (AvgIpc) is 2.87. The Bertz CT molecular complexity index is 487. The summed E-state index contributed by atoms with van der Waals surface area (Å²) in [7, 11) is 3.86. The van der Waals surface area contributed by atoms with Crippen LogP contribution >= 0.6 is 23.2 Å². The van der Waals surface area contributed by atoms with Gasteiger partial charge in [-0.3, -0.25) is 4.79 Å². The molecule has 0 bridgehead atoms. The van der Waals surface area contributed by atoms with Gasteiger partial charge < -0.3 is 10.2 Å². The third kappa shape index (κ3) is 2.79. The van der Waals surface area contributed by atoms with Crippen molar-refractivity contribution in [3.8, 4) is 0 Å². The van der Waals surface area contributed by atoms with Gasteiger partial charge in [-0.1, -0.05) is 6.07 Å². The normalized spacial score (nSPS) is 23.8. The first kappa shape index (κ1) is 14.4. The van der Waals surface area contributed by atoms with Crippen LogP contribution in [0.1, 0.15) is 18.9 Å². The summed E-state index contributed by atoms with van der Waals surface area (Å²) in [6.45, 7) is 2.20.